The van der Waals surface area contributed by atoms with Crippen molar-refractivity contribution in [2.75, 3.05) is 0 Å². The highest BCUT2D eigenvalue weighted by Crippen LogP contribution is 1.56. The summed E-state index contributed by atoms with van der Waals surface area (Å²) in [7, 11) is 0. The molecule has 0 aliphatic carbocycles. The number of aliphatic carboxylic acids is 2. The standard InChI is InChI=1S/C2H2O4/c3-1(4)2(5)6/h(H,3,4)(H,5,6)/i1+2. The molecule has 34 valence electrons. The quantitative estimate of drug-likeness (QED) is 0.382. The van der Waals surface area contributed by atoms with Crippen molar-refractivity contribution in [3.8, 4) is 0 Å². The molecule has 0 atom stereocenters. The molecule has 0 rings (SSSR count). The van der Waals surface area contributed by atoms with Crippen LogP contribution in [-0.4, -0.2) is 22.2 Å². The van der Waals surface area contributed by atoms with Gasteiger partial charge in [-0.25, -0.2) is 9.59 Å². The Morgan fingerprint density at radius 1 is 1.67 bits per heavy atom. The molecule has 4 nitrogen and oxygen atoms in total. The minimum absolute atomic E-state index is 1.82. The van der Waals surface area contributed by atoms with E-state index in [-0.39, 0.29) is 0 Å². The van der Waals surface area contributed by atoms with E-state index in [2.05, 4.69) is 0 Å². The van der Waals surface area contributed by atoms with Crippen LogP contribution in [0.15, 0.2) is 0 Å². The van der Waals surface area contributed by atoms with Crippen LogP contribution in [0.4, 0.5) is 0 Å². The van der Waals surface area contributed by atoms with Crippen LogP contribution in [-0.2, 0) is 9.59 Å². The summed E-state index contributed by atoms with van der Waals surface area (Å²) in [4.78, 5) is 18.2. The molecule has 0 bridgehead atoms. The van der Waals surface area contributed by atoms with Gasteiger partial charge in [-0.05, 0) is 0 Å². The normalized spacial score (nSPS) is 7.33. The first-order valence-corrected chi connectivity index (χ1v) is 1.11. The lowest BCUT2D eigenvalue weighted by molar-refractivity contribution is -0.159. The Labute approximate surface area is 33.0 Å². The van der Waals surface area contributed by atoms with E-state index in [4.69, 9.17) is 19.8 Å². The van der Waals surface area contributed by atoms with Crippen LogP contribution in [0.1, 0.15) is 0 Å². The van der Waals surface area contributed by atoms with Gasteiger partial charge in [0.15, 0.2) is 0 Å². The number of carbonyl (C=O) groups is 2. The van der Waals surface area contributed by atoms with Gasteiger partial charge >= 0.3 is 11.9 Å². The lowest BCUT2D eigenvalue weighted by Gasteiger charge is -1.72. The smallest absolute Gasteiger partial charge is 0.414 e. The second-order valence-corrected chi connectivity index (χ2v) is 0.610. The summed E-state index contributed by atoms with van der Waals surface area (Å²) < 4.78 is 0. The van der Waals surface area contributed by atoms with E-state index in [9.17, 15) is 0 Å². The van der Waals surface area contributed by atoms with E-state index in [1.165, 1.54) is 0 Å². The highest BCUT2D eigenvalue weighted by Gasteiger charge is 2.04. The molecule has 0 aliphatic heterocycles. The second kappa shape index (κ2) is 1.40. The minimum atomic E-state index is -1.82. The molecule has 0 aromatic heterocycles. The highest BCUT2D eigenvalue weighted by molar-refractivity contribution is 6.27. The van der Waals surface area contributed by atoms with E-state index in [0.717, 1.165) is 0 Å². The molecule has 0 saturated heterocycles. The molecule has 0 aromatic rings. The first kappa shape index (κ1) is 4.94. The Morgan fingerprint density at radius 2 is 1.83 bits per heavy atom. The third kappa shape index (κ3) is 1.28. The molecule has 6 heavy (non-hydrogen) atoms. The van der Waals surface area contributed by atoms with Crippen LogP contribution < -0.4 is 0 Å². The van der Waals surface area contributed by atoms with Crippen LogP contribution >= 0.6 is 0 Å². The molecule has 0 spiro atoms. The van der Waals surface area contributed by atoms with Crippen molar-refractivity contribution in [2.24, 2.45) is 0 Å². The largest absolute Gasteiger partial charge is 0.473 e. The monoisotopic (exact) mass is 92.0 g/mol. The first-order chi connectivity index (χ1) is 2.64. The molecule has 4 heteroatoms. The van der Waals surface area contributed by atoms with Crippen molar-refractivity contribution in [1.29, 1.82) is 0 Å². The van der Waals surface area contributed by atoms with Gasteiger partial charge in [-0.2, -0.15) is 0 Å². The van der Waals surface area contributed by atoms with Gasteiger partial charge in [0, 0.05) is 0 Å². The molecule has 0 aliphatic rings. The summed E-state index contributed by atoms with van der Waals surface area (Å²) in [6.07, 6.45) is 0. The van der Waals surface area contributed by atoms with Crippen LogP contribution in [0.3, 0.4) is 0 Å². The predicted molar refractivity (Wildman–Crippen MR) is 15.3 cm³/mol. The fourth-order valence-corrected chi connectivity index (χ4v) is 0. The van der Waals surface area contributed by atoms with Crippen molar-refractivity contribution in [3.05, 3.63) is 0 Å². The lowest BCUT2D eigenvalue weighted by Crippen LogP contribution is -2.09. The molecule has 0 amide bonds. The third-order valence-electron chi connectivity index (χ3n) is 0.183. The zero-order valence-corrected chi connectivity index (χ0v) is 2.71. The van der Waals surface area contributed by atoms with E-state index < -0.39 is 11.9 Å². The average Bonchev–Trinajstić information content (AvgIpc) is 1.36. The van der Waals surface area contributed by atoms with Crippen molar-refractivity contribution in [3.63, 3.8) is 0 Å². The Bertz CT molecular complexity index is 71.5. The Balaban J connectivity index is 3.57. The summed E-state index contributed by atoms with van der Waals surface area (Å²) in [5.41, 5.74) is 0. The molecule has 0 saturated carbocycles. The third-order valence-corrected chi connectivity index (χ3v) is 0.183. The van der Waals surface area contributed by atoms with Crippen molar-refractivity contribution >= 4 is 11.9 Å². The van der Waals surface area contributed by atoms with Gasteiger partial charge in [-0.3, -0.25) is 0 Å². The molecular formula is C2H2O4. The molecule has 0 aromatic carbocycles. The molecule has 0 heterocycles. The van der Waals surface area contributed by atoms with Gasteiger partial charge in [0.1, 0.15) is 0 Å². The van der Waals surface area contributed by atoms with Gasteiger partial charge in [0.25, 0.3) is 0 Å². The Hall–Kier alpha value is -1.06. The lowest BCUT2D eigenvalue weighted by atomic mass is 11.3. The van der Waals surface area contributed by atoms with Crippen LogP contribution in [0.2, 0.25) is 0 Å². The van der Waals surface area contributed by atoms with E-state index in [1.807, 2.05) is 0 Å². The van der Waals surface area contributed by atoms with E-state index in [1.54, 1.807) is 0 Å². The number of hydrogen-bond donors (Lipinski definition) is 2. The van der Waals surface area contributed by atoms with Gasteiger partial charge in [0.05, 0.1) is 0 Å². The zero-order chi connectivity index (χ0) is 5.15. The van der Waals surface area contributed by atoms with Gasteiger partial charge < -0.3 is 10.2 Å². The Morgan fingerprint density at radius 3 is 1.83 bits per heavy atom. The van der Waals surface area contributed by atoms with Crippen molar-refractivity contribution in [1.82, 2.24) is 0 Å². The Kier molecular flexibility index (Phi) is 1.15. The summed E-state index contributed by atoms with van der Waals surface area (Å²) >= 11 is 0. The van der Waals surface area contributed by atoms with Crippen molar-refractivity contribution < 1.29 is 19.8 Å². The maximum absolute atomic E-state index is 9.10. The van der Waals surface area contributed by atoms with Gasteiger partial charge in [0.2, 0.25) is 0 Å². The van der Waals surface area contributed by atoms with Crippen molar-refractivity contribution in [2.45, 2.75) is 0 Å². The summed E-state index contributed by atoms with van der Waals surface area (Å²) in [6.45, 7) is 0. The molecule has 0 fully saturated rings. The van der Waals surface area contributed by atoms with Crippen LogP contribution in [0.25, 0.3) is 0 Å². The molecule has 0 radical (unpaired) electrons. The zero-order valence-electron chi connectivity index (χ0n) is 2.71. The summed E-state index contributed by atoms with van der Waals surface area (Å²) in [5.74, 6) is -3.65. The molecule has 2 N–H and O–H groups in total. The fourth-order valence-electron chi connectivity index (χ4n) is 0. The summed E-state index contributed by atoms with van der Waals surface area (Å²) in [5, 5.41) is 14.8. The first-order valence-electron chi connectivity index (χ1n) is 1.11. The number of hydrogen-bond acceptors (Lipinski definition) is 2. The summed E-state index contributed by atoms with van der Waals surface area (Å²) in [6, 6.07) is 0. The SMILES string of the molecule is O=C(O)[14C](=O)O. The van der Waals surface area contributed by atoms with Gasteiger partial charge in [-0.15, -0.1) is 0 Å². The van der Waals surface area contributed by atoms with E-state index >= 15 is 0 Å². The van der Waals surface area contributed by atoms with Crippen LogP contribution in [0, 0.1) is 0 Å². The number of carboxylic acids is 2. The fraction of sp³-hybridized carbons (Fsp3) is 0. The van der Waals surface area contributed by atoms with E-state index in [0.29, 0.717) is 0 Å². The second-order valence-electron chi connectivity index (χ2n) is 0.610. The molecule has 0 unspecified atom stereocenters. The number of carboxylic acid groups (broad SMARTS) is 2. The minimum Gasteiger partial charge on any atom is -0.473 e. The predicted octanol–water partition coefficient (Wildman–Crippen LogP) is -0.844. The average molecular weight is 92.0 g/mol. The topological polar surface area (TPSA) is 74.6 Å². The van der Waals surface area contributed by atoms with Crippen LogP contribution in [0.5, 0.6) is 0 Å². The highest BCUT2D eigenvalue weighted by atomic mass is 16.7. The maximum Gasteiger partial charge on any atom is 0.414 e. The van der Waals surface area contributed by atoms with Gasteiger partial charge in [-0.1, -0.05) is 0 Å². The number of rotatable bonds is 0. The maximum atomic E-state index is 9.10. The molecular weight excluding hydrogens is 90.0 g/mol.